The molecule has 0 spiro atoms. The minimum absolute atomic E-state index is 0.282. The van der Waals surface area contributed by atoms with E-state index in [1.54, 1.807) is 42.5 Å². The highest BCUT2D eigenvalue weighted by Gasteiger charge is 2.33. The standard InChI is InChI=1S/C29H21Cl2NO4/c1-34-29(33)21-11-7-18(8-12-21)5-6-19-9-15-22(16-10-19)35-17-23-27(32-36-28(23)20-13-14-20)26-24(30)3-2-4-25(26)31/h2-4,7-12,15-16,20H,13-14,17H2,1H3. The number of halogens is 2. The number of ether oxygens (including phenoxy) is 2. The molecule has 1 saturated carbocycles. The van der Waals surface area contributed by atoms with Gasteiger partial charge in [-0.05, 0) is 73.5 Å². The Bertz CT molecular complexity index is 1440. The lowest BCUT2D eigenvalue weighted by atomic mass is 10.0. The molecule has 0 radical (unpaired) electrons. The number of esters is 1. The van der Waals surface area contributed by atoms with Crippen LogP contribution in [0, 0.1) is 11.8 Å². The summed E-state index contributed by atoms with van der Waals surface area (Å²) in [5, 5.41) is 5.33. The third-order valence-corrected chi connectivity index (χ3v) is 6.49. The normalized spacial score (nSPS) is 12.5. The third kappa shape index (κ3) is 5.26. The summed E-state index contributed by atoms with van der Waals surface area (Å²) in [5.41, 5.74) is 4.27. The molecule has 0 bridgehead atoms. The predicted octanol–water partition coefficient (Wildman–Crippen LogP) is 7.29. The smallest absolute Gasteiger partial charge is 0.337 e. The highest BCUT2D eigenvalue weighted by atomic mass is 35.5. The summed E-state index contributed by atoms with van der Waals surface area (Å²) in [5.74, 6) is 7.72. The van der Waals surface area contributed by atoms with Crippen LogP contribution in [0.25, 0.3) is 11.3 Å². The van der Waals surface area contributed by atoms with Gasteiger partial charge in [0, 0.05) is 22.6 Å². The minimum atomic E-state index is -0.373. The van der Waals surface area contributed by atoms with Gasteiger partial charge in [-0.2, -0.15) is 0 Å². The summed E-state index contributed by atoms with van der Waals surface area (Å²) in [6, 6.07) is 19.9. The number of rotatable bonds is 6. The van der Waals surface area contributed by atoms with Crippen LogP contribution in [0.3, 0.4) is 0 Å². The molecule has 1 aliphatic carbocycles. The van der Waals surface area contributed by atoms with Gasteiger partial charge >= 0.3 is 5.97 Å². The SMILES string of the molecule is COC(=O)c1ccc(C#Cc2ccc(OCc3c(-c4c(Cl)cccc4Cl)noc3C3CC3)cc2)cc1. The van der Waals surface area contributed by atoms with Crippen LogP contribution in [0.1, 0.15) is 51.6 Å². The Morgan fingerprint density at radius 3 is 2.17 bits per heavy atom. The molecule has 0 aliphatic heterocycles. The van der Waals surface area contributed by atoms with Crippen molar-refractivity contribution < 1.29 is 18.8 Å². The van der Waals surface area contributed by atoms with Crippen LogP contribution in [0.15, 0.2) is 71.3 Å². The minimum Gasteiger partial charge on any atom is -0.489 e. The molecular formula is C29H21Cl2NO4. The Morgan fingerprint density at radius 2 is 1.58 bits per heavy atom. The van der Waals surface area contributed by atoms with Gasteiger partial charge in [-0.25, -0.2) is 4.79 Å². The van der Waals surface area contributed by atoms with Gasteiger partial charge in [-0.15, -0.1) is 0 Å². The number of hydrogen-bond donors (Lipinski definition) is 0. The van der Waals surface area contributed by atoms with E-state index in [-0.39, 0.29) is 12.6 Å². The lowest BCUT2D eigenvalue weighted by Gasteiger charge is -2.09. The molecule has 5 nitrogen and oxygen atoms in total. The van der Waals surface area contributed by atoms with E-state index in [0.717, 1.165) is 35.3 Å². The van der Waals surface area contributed by atoms with Crippen molar-refractivity contribution in [2.24, 2.45) is 0 Å². The molecule has 1 aliphatic rings. The molecule has 1 fully saturated rings. The van der Waals surface area contributed by atoms with E-state index in [0.29, 0.717) is 38.5 Å². The van der Waals surface area contributed by atoms with Crippen molar-refractivity contribution in [1.29, 1.82) is 0 Å². The van der Waals surface area contributed by atoms with Gasteiger partial charge in [0.15, 0.2) is 0 Å². The molecular weight excluding hydrogens is 497 g/mol. The summed E-state index contributed by atoms with van der Waals surface area (Å²) in [6.07, 6.45) is 2.13. The molecule has 7 heteroatoms. The molecule has 0 unspecified atom stereocenters. The van der Waals surface area contributed by atoms with E-state index >= 15 is 0 Å². The van der Waals surface area contributed by atoms with E-state index in [1.807, 2.05) is 24.3 Å². The molecule has 0 saturated heterocycles. The first-order valence-electron chi connectivity index (χ1n) is 11.4. The Balaban J connectivity index is 1.30. The highest BCUT2D eigenvalue weighted by Crippen LogP contribution is 2.46. The lowest BCUT2D eigenvalue weighted by molar-refractivity contribution is 0.0600. The summed E-state index contributed by atoms with van der Waals surface area (Å²) >= 11 is 12.9. The quantitative estimate of drug-likeness (QED) is 0.198. The summed E-state index contributed by atoms with van der Waals surface area (Å²) in [4.78, 5) is 11.5. The van der Waals surface area contributed by atoms with Crippen LogP contribution in [0.2, 0.25) is 10.0 Å². The number of nitrogens with zero attached hydrogens (tertiary/aromatic N) is 1. The van der Waals surface area contributed by atoms with E-state index < -0.39 is 0 Å². The Hall–Kier alpha value is -3.72. The molecule has 1 heterocycles. The number of methoxy groups -OCH3 is 1. The second-order valence-electron chi connectivity index (χ2n) is 8.38. The second-order valence-corrected chi connectivity index (χ2v) is 9.19. The molecule has 0 amide bonds. The van der Waals surface area contributed by atoms with Crippen molar-refractivity contribution in [1.82, 2.24) is 5.16 Å². The van der Waals surface area contributed by atoms with Crippen molar-refractivity contribution in [2.45, 2.75) is 25.4 Å². The first-order chi connectivity index (χ1) is 17.5. The van der Waals surface area contributed by atoms with E-state index in [2.05, 4.69) is 17.0 Å². The second kappa shape index (κ2) is 10.5. The Kier molecular flexibility index (Phi) is 6.99. The van der Waals surface area contributed by atoms with Crippen LogP contribution in [-0.2, 0) is 11.3 Å². The van der Waals surface area contributed by atoms with Crippen LogP contribution in [0.4, 0.5) is 0 Å². The van der Waals surface area contributed by atoms with Gasteiger partial charge in [-0.3, -0.25) is 0 Å². The maximum atomic E-state index is 11.5. The lowest BCUT2D eigenvalue weighted by Crippen LogP contribution is -2.00. The van der Waals surface area contributed by atoms with Crippen LogP contribution < -0.4 is 4.74 Å². The van der Waals surface area contributed by atoms with Crippen molar-refractivity contribution >= 4 is 29.2 Å². The van der Waals surface area contributed by atoms with Crippen LogP contribution in [-0.4, -0.2) is 18.2 Å². The van der Waals surface area contributed by atoms with Crippen LogP contribution >= 0.6 is 23.2 Å². The molecule has 1 aromatic heterocycles. The maximum absolute atomic E-state index is 11.5. The van der Waals surface area contributed by atoms with Gasteiger partial charge < -0.3 is 14.0 Å². The zero-order chi connectivity index (χ0) is 25.1. The fourth-order valence-corrected chi connectivity index (χ4v) is 4.37. The van der Waals surface area contributed by atoms with Gasteiger partial charge in [0.2, 0.25) is 0 Å². The number of aromatic nitrogens is 1. The van der Waals surface area contributed by atoms with E-state index in [4.69, 9.17) is 37.2 Å². The molecule has 3 aromatic carbocycles. The van der Waals surface area contributed by atoms with E-state index in [1.165, 1.54) is 7.11 Å². The Morgan fingerprint density at radius 1 is 0.972 bits per heavy atom. The third-order valence-electron chi connectivity index (χ3n) is 5.86. The first kappa shape index (κ1) is 24.0. The summed E-state index contributed by atoms with van der Waals surface area (Å²) in [7, 11) is 1.36. The largest absolute Gasteiger partial charge is 0.489 e. The summed E-state index contributed by atoms with van der Waals surface area (Å²) in [6.45, 7) is 0.282. The van der Waals surface area contributed by atoms with Gasteiger partial charge in [0.05, 0.1) is 28.3 Å². The molecule has 0 N–H and O–H groups in total. The average Bonchev–Trinajstić information content (AvgIpc) is 3.67. The number of hydrogen-bond acceptors (Lipinski definition) is 5. The average molecular weight is 518 g/mol. The zero-order valence-electron chi connectivity index (χ0n) is 19.4. The number of carbonyl (C=O) groups is 1. The molecule has 36 heavy (non-hydrogen) atoms. The van der Waals surface area contributed by atoms with Gasteiger partial charge in [-0.1, -0.05) is 46.3 Å². The predicted molar refractivity (Wildman–Crippen MR) is 138 cm³/mol. The monoisotopic (exact) mass is 517 g/mol. The molecule has 180 valence electrons. The van der Waals surface area contributed by atoms with Gasteiger partial charge in [0.25, 0.3) is 0 Å². The topological polar surface area (TPSA) is 61.6 Å². The van der Waals surface area contributed by atoms with Crippen molar-refractivity contribution in [3.8, 4) is 28.8 Å². The van der Waals surface area contributed by atoms with Gasteiger partial charge in [0.1, 0.15) is 23.8 Å². The fraction of sp³-hybridized carbons (Fsp3) is 0.172. The summed E-state index contributed by atoms with van der Waals surface area (Å²) < 4.78 is 16.5. The van der Waals surface area contributed by atoms with E-state index in [9.17, 15) is 4.79 Å². The highest BCUT2D eigenvalue weighted by molar-refractivity contribution is 6.39. The maximum Gasteiger partial charge on any atom is 0.337 e. The molecule has 0 atom stereocenters. The first-order valence-corrected chi connectivity index (χ1v) is 12.1. The van der Waals surface area contributed by atoms with Crippen LogP contribution in [0.5, 0.6) is 5.75 Å². The van der Waals surface area contributed by atoms with Crippen molar-refractivity contribution in [3.05, 3.63) is 105 Å². The van der Waals surface area contributed by atoms with Crippen molar-refractivity contribution in [3.63, 3.8) is 0 Å². The number of carbonyl (C=O) groups excluding carboxylic acids is 1. The fourth-order valence-electron chi connectivity index (χ4n) is 3.79. The number of benzene rings is 3. The van der Waals surface area contributed by atoms with Crippen molar-refractivity contribution in [2.75, 3.05) is 7.11 Å². The Labute approximate surface area is 218 Å². The zero-order valence-corrected chi connectivity index (χ0v) is 20.9. The molecule has 4 aromatic rings. The molecule has 5 rings (SSSR count).